The third-order valence-electron chi connectivity index (χ3n) is 8.10. The molecule has 216 valence electrons. The first-order chi connectivity index (χ1) is 20.5. The minimum atomic E-state index is -0.948. The lowest BCUT2D eigenvalue weighted by Crippen LogP contribution is -2.48. The van der Waals surface area contributed by atoms with E-state index in [2.05, 4.69) is 21.9 Å². The first-order valence-corrected chi connectivity index (χ1v) is 15.2. The van der Waals surface area contributed by atoms with Crippen LogP contribution in [0.1, 0.15) is 49.5 Å². The van der Waals surface area contributed by atoms with Crippen LogP contribution < -0.4 is 4.74 Å². The van der Waals surface area contributed by atoms with Crippen molar-refractivity contribution in [2.45, 2.75) is 17.9 Å². The Hall–Kier alpha value is -3.72. The zero-order valence-corrected chi connectivity index (χ0v) is 23.9. The van der Waals surface area contributed by atoms with Crippen molar-refractivity contribution in [1.29, 1.82) is 0 Å². The zero-order valence-electron chi connectivity index (χ0n) is 23.1. The van der Waals surface area contributed by atoms with Gasteiger partial charge in [0, 0.05) is 44.0 Å². The van der Waals surface area contributed by atoms with Crippen molar-refractivity contribution in [3.05, 3.63) is 136 Å². The maximum atomic E-state index is 13.7. The predicted molar refractivity (Wildman–Crippen MR) is 161 cm³/mol. The Morgan fingerprint density at radius 2 is 1.50 bits per heavy atom. The second-order valence-corrected chi connectivity index (χ2v) is 11.9. The molecule has 8 heteroatoms. The van der Waals surface area contributed by atoms with Crippen LogP contribution >= 0.6 is 11.8 Å². The molecule has 0 radical (unpaired) electrons. The molecular formula is C34H32F2N2O3S. The Balaban J connectivity index is 1.14. The van der Waals surface area contributed by atoms with E-state index in [1.54, 1.807) is 18.2 Å². The van der Waals surface area contributed by atoms with E-state index in [1.165, 1.54) is 24.3 Å². The summed E-state index contributed by atoms with van der Waals surface area (Å²) in [6, 6.07) is 26.4. The van der Waals surface area contributed by atoms with Crippen LogP contribution in [-0.4, -0.2) is 59.4 Å². The van der Waals surface area contributed by atoms with Crippen molar-refractivity contribution >= 4 is 17.7 Å². The highest BCUT2D eigenvalue weighted by Gasteiger charge is 2.29. The van der Waals surface area contributed by atoms with Gasteiger partial charge in [0.25, 0.3) is 0 Å². The van der Waals surface area contributed by atoms with Crippen LogP contribution in [0.3, 0.4) is 0 Å². The highest BCUT2D eigenvalue weighted by atomic mass is 32.2. The number of aromatic carboxylic acids is 1. The quantitative estimate of drug-likeness (QED) is 0.246. The Morgan fingerprint density at radius 1 is 0.857 bits per heavy atom. The van der Waals surface area contributed by atoms with Gasteiger partial charge in [0.15, 0.2) is 0 Å². The molecule has 1 saturated heterocycles. The molecule has 0 bridgehead atoms. The van der Waals surface area contributed by atoms with Gasteiger partial charge in [0.05, 0.1) is 16.9 Å². The van der Waals surface area contributed by atoms with E-state index in [4.69, 9.17) is 4.74 Å². The zero-order chi connectivity index (χ0) is 29.1. The van der Waals surface area contributed by atoms with Gasteiger partial charge in [-0.05, 0) is 64.7 Å². The van der Waals surface area contributed by atoms with Crippen molar-refractivity contribution in [3.8, 4) is 5.75 Å². The van der Waals surface area contributed by atoms with Gasteiger partial charge < -0.3 is 9.84 Å². The molecular weight excluding hydrogens is 554 g/mol. The maximum absolute atomic E-state index is 13.7. The summed E-state index contributed by atoms with van der Waals surface area (Å²) in [4.78, 5) is 16.6. The molecule has 0 saturated carbocycles. The highest BCUT2D eigenvalue weighted by molar-refractivity contribution is 7.99. The third kappa shape index (κ3) is 6.21. The molecule has 1 unspecified atom stereocenters. The Morgan fingerprint density at radius 3 is 2.14 bits per heavy atom. The minimum absolute atomic E-state index is 0.0272. The summed E-state index contributed by atoms with van der Waals surface area (Å²) in [7, 11) is 0. The summed E-state index contributed by atoms with van der Waals surface area (Å²) in [5.41, 5.74) is 5.41. The van der Waals surface area contributed by atoms with Gasteiger partial charge >= 0.3 is 5.97 Å². The molecule has 1 N–H and O–H groups in total. The fourth-order valence-electron chi connectivity index (χ4n) is 5.89. The lowest BCUT2D eigenvalue weighted by atomic mass is 9.96. The summed E-state index contributed by atoms with van der Waals surface area (Å²) in [5, 5.41) is 9.60. The van der Waals surface area contributed by atoms with Crippen LogP contribution in [0.15, 0.2) is 91.0 Å². The van der Waals surface area contributed by atoms with Gasteiger partial charge in [-0.1, -0.05) is 48.5 Å². The Labute approximate surface area is 248 Å². The number of hydrogen-bond acceptors (Lipinski definition) is 5. The van der Waals surface area contributed by atoms with Gasteiger partial charge in [-0.25, -0.2) is 13.6 Å². The number of piperazine rings is 1. The van der Waals surface area contributed by atoms with Crippen LogP contribution in [0.25, 0.3) is 0 Å². The number of fused-ring (bicyclic) bond motifs is 2. The number of halogens is 2. The maximum Gasteiger partial charge on any atom is 0.335 e. The molecule has 0 spiro atoms. The molecule has 4 aromatic carbocycles. The second-order valence-electron chi connectivity index (χ2n) is 10.7. The van der Waals surface area contributed by atoms with E-state index in [1.807, 2.05) is 48.2 Å². The fourth-order valence-corrected chi connectivity index (χ4v) is 7.26. The van der Waals surface area contributed by atoms with E-state index in [-0.39, 0.29) is 28.5 Å². The number of benzene rings is 4. The fraction of sp³-hybridized carbons (Fsp3) is 0.265. The largest absolute Gasteiger partial charge is 0.489 e. The van der Waals surface area contributed by atoms with E-state index < -0.39 is 5.97 Å². The topological polar surface area (TPSA) is 53.0 Å². The smallest absolute Gasteiger partial charge is 0.335 e. The standard InChI is InChI=1S/C34H32F2N2O3S/c35-27-10-5-23(6-11-27)32(24-7-12-28(36)13-8-24)38-17-15-37(16-18-38)19-20-42-33-29-4-2-1-3-26(29)22-41-31-14-9-25(34(39)40)21-30(31)33/h1-14,21,32-33H,15-20,22H2,(H,39,40). The third-order valence-corrected chi connectivity index (χ3v) is 9.35. The molecule has 2 aliphatic heterocycles. The van der Waals surface area contributed by atoms with Gasteiger partial charge in [-0.15, -0.1) is 11.8 Å². The predicted octanol–water partition coefficient (Wildman–Crippen LogP) is 6.79. The normalized spacial score (nSPS) is 17.3. The molecule has 42 heavy (non-hydrogen) atoms. The summed E-state index contributed by atoms with van der Waals surface area (Å²) in [5.74, 6) is 0.105. The van der Waals surface area contributed by atoms with Crippen LogP contribution in [-0.2, 0) is 6.61 Å². The van der Waals surface area contributed by atoms with Crippen molar-refractivity contribution < 1.29 is 23.4 Å². The molecule has 1 fully saturated rings. The minimum Gasteiger partial charge on any atom is -0.489 e. The summed E-state index contributed by atoms with van der Waals surface area (Å²) in [6.07, 6.45) is 0. The summed E-state index contributed by atoms with van der Waals surface area (Å²) >= 11 is 1.81. The SMILES string of the molecule is O=C(O)c1ccc2c(c1)C(SCCN1CCN(C(c3ccc(F)cc3)c3ccc(F)cc3)CC1)c1ccccc1CO2. The number of nitrogens with zero attached hydrogens (tertiary/aromatic N) is 2. The molecule has 1 atom stereocenters. The van der Waals surface area contributed by atoms with Crippen LogP contribution in [0, 0.1) is 11.6 Å². The molecule has 6 rings (SSSR count). The second kappa shape index (κ2) is 12.7. The molecule has 2 heterocycles. The average molecular weight is 587 g/mol. The van der Waals surface area contributed by atoms with E-state index in [9.17, 15) is 18.7 Å². The number of thioether (sulfide) groups is 1. The number of rotatable bonds is 8. The molecule has 4 aromatic rings. The lowest BCUT2D eigenvalue weighted by Gasteiger charge is -2.40. The monoisotopic (exact) mass is 586 g/mol. The van der Waals surface area contributed by atoms with Crippen molar-refractivity contribution in [3.63, 3.8) is 0 Å². The molecule has 0 amide bonds. The van der Waals surface area contributed by atoms with E-state index in [0.717, 1.165) is 72.0 Å². The molecule has 0 aliphatic carbocycles. The molecule has 5 nitrogen and oxygen atoms in total. The Kier molecular flexibility index (Phi) is 8.55. The van der Waals surface area contributed by atoms with Gasteiger partial charge in [0.1, 0.15) is 24.0 Å². The van der Waals surface area contributed by atoms with Crippen molar-refractivity contribution in [2.24, 2.45) is 0 Å². The summed E-state index contributed by atoms with van der Waals surface area (Å²) < 4.78 is 33.5. The van der Waals surface area contributed by atoms with Crippen LogP contribution in [0.4, 0.5) is 8.78 Å². The number of hydrogen-bond donors (Lipinski definition) is 1. The van der Waals surface area contributed by atoms with E-state index >= 15 is 0 Å². The van der Waals surface area contributed by atoms with Crippen molar-refractivity contribution in [1.82, 2.24) is 9.80 Å². The number of carboxylic acid groups (broad SMARTS) is 1. The summed E-state index contributed by atoms with van der Waals surface area (Å²) in [6.45, 7) is 4.76. The first-order valence-electron chi connectivity index (χ1n) is 14.1. The van der Waals surface area contributed by atoms with E-state index in [0.29, 0.717) is 6.61 Å². The van der Waals surface area contributed by atoms with Crippen LogP contribution in [0.2, 0.25) is 0 Å². The molecule has 0 aromatic heterocycles. The van der Waals surface area contributed by atoms with Crippen LogP contribution in [0.5, 0.6) is 5.75 Å². The lowest BCUT2D eigenvalue weighted by molar-refractivity contribution is 0.0696. The van der Waals surface area contributed by atoms with Gasteiger partial charge in [-0.3, -0.25) is 9.80 Å². The van der Waals surface area contributed by atoms with Gasteiger partial charge in [0.2, 0.25) is 0 Å². The average Bonchev–Trinajstić information content (AvgIpc) is 3.16. The number of carbonyl (C=O) groups is 1. The van der Waals surface area contributed by atoms with Gasteiger partial charge in [-0.2, -0.15) is 0 Å². The highest BCUT2D eigenvalue weighted by Crippen LogP contribution is 2.44. The molecule has 2 aliphatic rings. The Bertz CT molecular complexity index is 1490. The number of ether oxygens (including phenoxy) is 1. The number of carboxylic acids is 1. The van der Waals surface area contributed by atoms with Crippen molar-refractivity contribution in [2.75, 3.05) is 38.5 Å². The first kappa shape index (κ1) is 28.4.